The molecule has 23 heteroatoms. The molecule has 7 heterocycles. The second kappa shape index (κ2) is 25.8. The lowest BCUT2D eigenvalue weighted by Gasteiger charge is -2.19. The Kier molecular flexibility index (Phi) is 18.1. The summed E-state index contributed by atoms with van der Waals surface area (Å²) in [4.78, 5) is 32.8. The molecule has 2 N–H and O–H groups in total. The molecule has 1 amide bonds. The van der Waals surface area contributed by atoms with Crippen LogP contribution in [0.3, 0.4) is 0 Å². The van der Waals surface area contributed by atoms with E-state index < -0.39 is 11.6 Å². The van der Waals surface area contributed by atoms with Gasteiger partial charge in [-0.05, 0) is 164 Å². The number of nitriles is 2. The molecule has 1 saturated heterocycles. The summed E-state index contributed by atoms with van der Waals surface area (Å²) in [6, 6.07) is 24.6. The molecular formula is C61H50BrCl4F2N15O. The molecule has 11 rings (SSSR count). The topological polar surface area (TPSA) is 205 Å². The largest absolute Gasteiger partial charge is 0.354 e. The van der Waals surface area contributed by atoms with E-state index in [9.17, 15) is 24.1 Å². The van der Waals surface area contributed by atoms with E-state index in [0.717, 1.165) is 64.0 Å². The minimum Gasteiger partial charge on any atom is -0.354 e. The molecule has 1 fully saturated rings. The van der Waals surface area contributed by atoms with Crippen LogP contribution < -0.4 is 10.6 Å². The van der Waals surface area contributed by atoms with Gasteiger partial charge >= 0.3 is 0 Å². The van der Waals surface area contributed by atoms with E-state index in [1.54, 1.807) is 29.3 Å². The van der Waals surface area contributed by atoms with E-state index in [4.69, 9.17) is 46.4 Å². The number of carbonyl (C=O) groups excluding carboxylic acids is 1. The maximum absolute atomic E-state index is 13.9. The molecule has 1 aliphatic rings. The first-order valence-electron chi connectivity index (χ1n) is 26.6. The molecule has 0 radical (unpaired) electrons. The highest BCUT2D eigenvalue weighted by Crippen LogP contribution is 2.39. The van der Waals surface area contributed by atoms with Gasteiger partial charge in [-0.2, -0.15) is 10.5 Å². The van der Waals surface area contributed by atoms with Gasteiger partial charge in [-0.15, -0.1) is 10.2 Å². The van der Waals surface area contributed by atoms with Crippen LogP contribution in [0.2, 0.25) is 20.1 Å². The molecule has 16 nitrogen and oxygen atoms in total. The first-order valence-corrected chi connectivity index (χ1v) is 28.9. The van der Waals surface area contributed by atoms with Gasteiger partial charge in [0, 0.05) is 113 Å². The Morgan fingerprint density at radius 2 is 1.08 bits per heavy atom. The first kappa shape index (κ1) is 59.0. The fourth-order valence-corrected chi connectivity index (χ4v) is 11.2. The zero-order valence-electron chi connectivity index (χ0n) is 45.5. The van der Waals surface area contributed by atoms with Crippen LogP contribution in [0.15, 0.2) is 127 Å². The SMILES string of the molecule is CC(C)n1cc([C@@H](Cc2cc(Cl)c3ncc(C#N)c(Nc4ccc(F)c(Cl)c4)c3c2)c2cncc(Br)c2)nn1.CC(C)n1cc([C@@H](Cc2cc(Cl)c3ncc(C#N)c(Nc4ccc(F)c(Cl)c4)c3c2)c2cncc(C(=O)N3CCCC3)c2)nn1. The third-order valence-corrected chi connectivity index (χ3v) is 15.8. The predicted molar refractivity (Wildman–Crippen MR) is 326 cm³/mol. The Morgan fingerprint density at radius 1 is 0.619 bits per heavy atom. The summed E-state index contributed by atoms with van der Waals surface area (Å²) in [5, 5.41) is 45.8. The van der Waals surface area contributed by atoms with Crippen LogP contribution in [0.4, 0.5) is 31.5 Å². The number of aromatic nitrogens is 10. The fraction of sp³-hybridized carbons (Fsp3) is 0.230. The van der Waals surface area contributed by atoms with Gasteiger partial charge in [-0.3, -0.25) is 24.7 Å². The lowest BCUT2D eigenvalue weighted by molar-refractivity contribution is 0.0792. The van der Waals surface area contributed by atoms with Crippen LogP contribution in [0.1, 0.15) is 120 Å². The minimum absolute atomic E-state index is 0.0319. The van der Waals surface area contributed by atoms with Crippen LogP contribution in [-0.4, -0.2) is 73.8 Å². The molecule has 0 spiro atoms. The number of fused-ring (bicyclic) bond motifs is 2. The molecule has 1 aliphatic heterocycles. The monoisotopic (exact) mass is 1270 g/mol. The normalized spacial score (nSPS) is 13.0. The smallest absolute Gasteiger partial charge is 0.255 e. The molecule has 0 unspecified atom stereocenters. The van der Waals surface area contributed by atoms with Crippen molar-refractivity contribution in [2.75, 3.05) is 23.7 Å². The highest BCUT2D eigenvalue weighted by atomic mass is 79.9. The van der Waals surface area contributed by atoms with Gasteiger partial charge < -0.3 is 15.5 Å². The average molecular weight is 1270 g/mol. The maximum Gasteiger partial charge on any atom is 0.255 e. The molecule has 10 aromatic rings. The number of nitrogens with zero attached hydrogens (tertiary/aromatic N) is 13. The van der Waals surface area contributed by atoms with Crippen molar-refractivity contribution in [1.29, 1.82) is 10.5 Å². The number of hydrogen-bond acceptors (Lipinski definition) is 13. The quantitative estimate of drug-likeness (QED) is 0.0981. The number of carbonyl (C=O) groups is 1. The van der Waals surface area contributed by atoms with Crippen LogP contribution >= 0.6 is 62.3 Å². The van der Waals surface area contributed by atoms with E-state index in [1.807, 2.05) is 92.3 Å². The lowest BCUT2D eigenvalue weighted by Crippen LogP contribution is -2.27. The summed E-state index contributed by atoms with van der Waals surface area (Å²) in [5.41, 5.74) is 9.16. The number of anilines is 4. The van der Waals surface area contributed by atoms with Crippen molar-refractivity contribution in [3.8, 4) is 12.1 Å². The number of halogens is 7. The third kappa shape index (κ3) is 13.1. The van der Waals surface area contributed by atoms with Crippen molar-refractivity contribution in [1.82, 2.24) is 54.8 Å². The van der Waals surface area contributed by atoms with Gasteiger partial charge in [-0.25, -0.2) is 18.1 Å². The van der Waals surface area contributed by atoms with Crippen molar-refractivity contribution in [2.45, 2.75) is 77.3 Å². The van der Waals surface area contributed by atoms with Crippen LogP contribution in [-0.2, 0) is 12.8 Å². The summed E-state index contributed by atoms with van der Waals surface area (Å²) in [6.07, 6.45) is 16.6. The summed E-state index contributed by atoms with van der Waals surface area (Å²) < 4.78 is 32.1. The highest BCUT2D eigenvalue weighted by Gasteiger charge is 2.27. The van der Waals surface area contributed by atoms with Crippen molar-refractivity contribution in [3.05, 3.63) is 209 Å². The average Bonchev–Trinajstić information content (AvgIpc) is 3.35. The molecule has 0 bridgehead atoms. The van der Waals surface area contributed by atoms with E-state index in [-0.39, 0.29) is 45.4 Å². The van der Waals surface area contributed by atoms with Gasteiger partial charge in [0.2, 0.25) is 0 Å². The van der Waals surface area contributed by atoms with Crippen LogP contribution in [0, 0.1) is 34.3 Å². The Labute approximate surface area is 510 Å². The number of pyridine rings is 4. The second-order valence-corrected chi connectivity index (χ2v) is 23.2. The third-order valence-electron chi connectivity index (χ3n) is 14.2. The fourth-order valence-electron chi connectivity index (χ4n) is 9.89. The van der Waals surface area contributed by atoms with E-state index in [1.165, 1.54) is 42.7 Å². The van der Waals surface area contributed by atoms with E-state index in [2.05, 4.69) is 79.3 Å². The molecule has 6 aromatic heterocycles. The maximum atomic E-state index is 13.9. The van der Waals surface area contributed by atoms with Crippen LogP contribution in [0.5, 0.6) is 0 Å². The standard InChI is InChI=1S/C33H29Cl2FN8O.C28H21BrCl2FN7/c1-19(2)44-18-30(41-42-44)25(21-12-22(16-38-15-21)33(45)43-7-3-4-8-43)9-20-10-26-31(40-24-5-6-29(36)27(34)13-24)23(14-37)17-39-32(26)28(35)11-20;1-15(2)39-14-26(37-38-39)21(17-8-19(29)13-34-11-17)5-16-6-22-27(36-20-3-4-25(32)23(30)9-20)18(10-33)12-35-28(22)24(31)7-16/h5-6,10-13,15-19,25H,3-4,7-9H2,1-2H3,(H,39,40);3-4,6-9,11-15,21H,5H2,1-2H3,(H,35,36)/t25-;21-/m00/s1. The Hall–Kier alpha value is -8.17. The zero-order chi connectivity index (χ0) is 59.3. The van der Waals surface area contributed by atoms with Crippen molar-refractivity contribution >= 4 is 113 Å². The zero-order valence-corrected chi connectivity index (χ0v) is 50.1. The van der Waals surface area contributed by atoms with Crippen LogP contribution in [0.25, 0.3) is 21.8 Å². The molecule has 4 aromatic carbocycles. The molecule has 84 heavy (non-hydrogen) atoms. The number of benzene rings is 4. The number of amides is 1. The van der Waals surface area contributed by atoms with Crippen molar-refractivity contribution < 1.29 is 13.6 Å². The number of hydrogen-bond donors (Lipinski definition) is 2. The molecule has 2 atom stereocenters. The van der Waals surface area contributed by atoms with Crippen molar-refractivity contribution in [3.63, 3.8) is 0 Å². The second-order valence-electron chi connectivity index (χ2n) is 20.7. The lowest BCUT2D eigenvalue weighted by atomic mass is 9.89. The van der Waals surface area contributed by atoms with Gasteiger partial charge in [0.25, 0.3) is 5.91 Å². The molecule has 424 valence electrons. The van der Waals surface area contributed by atoms with Crippen molar-refractivity contribution in [2.24, 2.45) is 0 Å². The van der Waals surface area contributed by atoms with Gasteiger partial charge in [0.05, 0.1) is 70.6 Å². The van der Waals surface area contributed by atoms with E-state index >= 15 is 0 Å². The number of nitrogens with one attached hydrogen (secondary N) is 2. The molecule has 0 saturated carbocycles. The summed E-state index contributed by atoms with van der Waals surface area (Å²) in [7, 11) is 0. The number of likely N-dealkylation sites (tertiary alicyclic amines) is 1. The highest BCUT2D eigenvalue weighted by molar-refractivity contribution is 9.10. The Morgan fingerprint density at radius 3 is 1.51 bits per heavy atom. The Bertz CT molecular complexity index is 4220. The van der Waals surface area contributed by atoms with E-state index in [0.29, 0.717) is 78.6 Å². The minimum atomic E-state index is -0.547. The Balaban J connectivity index is 0.000000189. The number of rotatable bonds is 15. The van der Waals surface area contributed by atoms with Gasteiger partial charge in [-0.1, -0.05) is 56.8 Å². The van der Waals surface area contributed by atoms with Gasteiger partial charge in [0.15, 0.2) is 0 Å². The summed E-state index contributed by atoms with van der Waals surface area (Å²) >= 11 is 29.1. The molecular weight excluding hydrogens is 1220 g/mol. The first-order chi connectivity index (χ1) is 40.4. The van der Waals surface area contributed by atoms with Gasteiger partial charge in [0.1, 0.15) is 23.8 Å². The summed E-state index contributed by atoms with van der Waals surface area (Å²) in [5.74, 6) is -1.60. The predicted octanol–water partition coefficient (Wildman–Crippen LogP) is 15.5. The molecule has 0 aliphatic carbocycles. The summed E-state index contributed by atoms with van der Waals surface area (Å²) in [6.45, 7) is 9.61.